The van der Waals surface area contributed by atoms with Gasteiger partial charge in [-0.05, 0) is 18.3 Å². The van der Waals surface area contributed by atoms with E-state index in [1.165, 1.54) is 23.5 Å². The second-order valence-corrected chi connectivity index (χ2v) is 6.00. The Kier molecular flexibility index (Phi) is 4.72. The van der Waals surface area contributed by atoms with Gasteiger partial charge in [-0.2, -0.15) is 5.10 Å². The average Bonchev–Trinajstić information content (AvgIpc) is 2.75. The normalized spacial score (nSPS) is 25.6. The molecule has 0 radical (unpaired) electrons. The summed E-state index contributed by atoms with van der Waals surface area (Å²) in [6, 6.07) is 0. The van der Waals surface area contributed by atoms with E-state index < -0.39 is 11.0 Å². The molecule has 0 saturated carbocycles. The molecule has 0 aliphatic carbocycles. The second-order valence-electron chi connectivity index (χ2n) is 6.00. The van der Waals surface area contributed by atoms with Crippen molar-refractivity contribution in [3.8, 4) is 0 Å². The minimum Gasteiger partial charge on any atom is -0.390 e. The molecule has 3 atom stereocenters. The topological polar surface area (TPSA) is 84.4 Å². The van der Waals surface area contributed by atoms with Crippen molar-refractivity contribution in [1.82, 2.24) is 14.7 Å². The van der Waals surface area contributed by atoms with Crippen LogP contribution >= 0.6 is 0 Å². The van der Waals surface area contributed by atoms with Crippen molar-refractivity contribution in [2.24, 2.45) is 11.8 Å². The van der Waals surface area contributed by atoms with E-state index >= 15 is 0 Å². The predicted octanol–water partition coefficient (Wildman–Crippen LogP) is 1.13. The summed E-state index contributed by atoms with van der Waals surface area (Å²) in [5.74, 6) is 1.30. The van der Waals surface area contributed by atoms with E-state index in [2.05, 4.69) is 23.8 Å². The molecule has 1 fully saturated rings. The summed E-state index contributed by atoms with van der Waals surface area (Å²) in [4.78, 5) is 12.4. The van der Waals surface area contributed by atoms with Gasteiger partial charge in [-0.15, -0.1) is 0 Å². The number of rotatable bonds is 5. The Morgan fingerprint density at radius 3 is 2.65 bits per heavy atom. The number of aliphatic hydroxyl groups is 1. The lowest BCUT2D eigenvalue weighted by Crippen LogP contribution is -2.43. The van der Waals surface area contributed by atoms with Gasteiger partial charge in [0.15, 0.2) is 0 Å². The number of β-amino-alcohol motifs (C(OH)–C–C–N with tert-alkyl or cyclic N) is 1. The molecular weight excluding hydrogens is 260 g/mol. The van der Waals surface area contributed by atoms with Crippen molar-refractivity contribution in [2.75, 3.05) is 19.6 Å². The number of aromatic nitrogens is 2. The fourth-order valence-electron chi connectivity index (χ4n) is 3.06. The van der Waals surface area contributed by atoms with Crippen LogP contribution in [0.1, 0.15) is 20.3 Å². The molecule has 1 aromatic rings. The summed E-state index contributed by atoms with van der Waals surface area (Å²) in [7, 11) is 0. The highest BCUT2D eigenvalue weighted by atomic mass is 16.6. The number of likely N-dealkylation sites (tertiary alicyclic amines) is 1. The number of hydrogen-bond donors (Lipinski definition) is 1. The van der Waals surface area contributed by atoms with E-state index in [-0.39, 0.29) is 12.2 Å². The van der Waals surface area contributed by atoms with Crippen LogP contribution in [0, 0.1) is 22.0 Å². The molecule has 2 heterocycles. The summed E-state index contributed by atoms with van der Waals surface area (Å²) in [5.41, 5.74) is -0.0441. The Balaban J connectivity index is 1.85. The van der Waals surface area contributed by atoms with E-state index in [0.717, 1.165) is 13.1 Å². The van der Waals surface area contributed by atoms with Gasteiger partial charge in [0.2, 0.25) is 0 Å². The molecule has 0 amide bonds. The Morgan fingerprint density at radius 1 is 1.45 bits per heavy atom. The second kappa shape index (κ2) is 6.32. The summed E-state index contributed by atoms with van der Waals surface area (Å²) >= 11 is 0. The van der Waals surface area contributed by atoms with E-state index in [0.29, 0.717) is 18.4 Å². The maximum atomic E-state index is 10.6. The lowest BCUT2D eigenvalue weighted by atomic mass is 9.92. The van der Waals surface area contributed by atoms with Crippen molar-refractivity contribution < 1.29 is 10.0 Å². The molecule has 1 aliphatic rings. The highest BCUT2D eigenvalue weighted by Crippen LogP contribution is 2.21. The number of nitro groups is 1. The molecule has 0 bridgehead atoms. The van der Waals surface area contributed by atoms with Crippen molar-refractivity contribution >= 4 is 5.69 Å². The lowest BCUT2D eigenvalue weighted by molar-refractivity contribution is -0.385. The van der Waals surface area contributed by atoms with E-state index in [9.17, 15) is 15.2 Å². The average molecular weight is 282 g/mol. The van der Waals surface area contributed by atoms with Crippen LogP contribution in [0.15, 0.2) is 12.4 Å². The molecule has 3 unspecified atom stereocenters. The van der Waals surface area contributed by atoms with Gasteiger partial charge >= 0.3 is 5.69 Å². The SMILES string of the molecule is CC1CC(C)CN(CC(O)Cn2cc([N+](=O)[O-])cn2)C1. The fraction of sp³-hybridized carbons (Fsp3) is 0.769. The molecule has 7 nitrogen and oxygen atoms in total. The number of piperidine rings is 1. The van der Waals surface area contributed by atoms with Crippen molar-refractivity contribution in [3.05, 3.63) is 22.5 Å². The highest BCUT2D eigenvalue weighted by Gasteiger charge is 2.23. The highest BCUT2D eigenvalue weighted by molar-refractivity contribution is 5.20. The molecular formula is C13H22N4O3. The van der Waals surface area contributed by atoms with Crippen LogP contribution in [-0.4, -0.2) is 50.4 Å². The van der Waals surface area contributed by atoms with Crippen LogP contribution in [0.2, 0.25) is 0 Å². The van der Waals surface area contributed by atoms with E-state index in [1.54, 1.807) is 0 Å². The zero-order valence-corrected chi connectivity index (χ0v) is 12.0. The predicted molar refractivity (Wildman–Crippen MR) is 74.3 cm³/mol. The summed E-state index contributed by atoms with van der Waals surface area (Å²) in [6.07, 6.45) is 3.23. The van der Waals surface area contributed by atoms with Gasteiger partial charge in [0, 0.05) is 19.6 Å². The van der Waals surface area contributed by atoms with Crippen LogP contribution < -0.4 is 0 Å². The Morgan fingerprint density at radius 2 is 2.10 bits per heavy atom. The summed E-state index contributed by atoms with van der Waals surface area (Å²) in [5, 5.41) is 24.6. The molecule has 1 N–H and O–H groups in total. The third-order valence-electron chi connectivity index (χ3n) is 3.64. The van der Waals surface area contributed by atoms with Gasteiger partial charge < -0.3 is 10.0 Å². The van der Waals surface area contributed by atoms with Gasteiger partial charge in [-0.25, -0.2) is 0 Å². The van der Waals surface area contributed by atoms with Crippen LogP contribution in [0.4, 0.5) is 5.69 Å². The molecule has 1 saturated heterocycles. The third kappa shape index (κ3) is 4.01. The minimum atomic E-state index is -0.563. The first-order chi connectivity index (χ1) is 9.44. The Bertz CT molecular complexity index is 452. The maximum absolute atomic E-state index is 10.6. The van der Waals surface area contributed by atoms with Crippen molar-refractivity contribution in [1.29, 1.82) is 0 Å². The summed E-state index contributed by atoms with van der Waals surface area (Å²) in [6.45, 7) is 7.33. The van der Waals surface area contributed by atoms with Crippen LogP contribution in [0.25, 0.3) is 0 Å². The Hall–Kier alpha value is -1.47. The zero-order valence-electron chi connectivity index (χ0n) is 12.0. The smallest absolute Gasteiger partial charge is 0.306 e. The zero-order chi connectivity index (χ0) is 14.7. The standard InChI is InChI=1S/C13H22N4O3/c1-10-3-11(2)6-15(5-10)8-13(18)9-16-7-12(4-14-16)17(19)20/h4,7,10-11,13,18H,3,5-6,8-9H2,1-2H3. The summed E-state index contributed by atoms with van der Waals surface area (Å²) < 4.78 is 1.43. The molecule has 2 rings (SSSR count). The van der Waals surface area contributed by atoms with Crippen LogP contribution in [0.3, 0.4) is 0 Å². The van der Waals surface area contributed by atoms with Gasteiger partial charge in [0.05, 0.1) is 17.6 Å². The first-order valence-corrected chi connectivity index (χ1v) is 7.01. The quantitative estimate of drug-likeness (QED) is 0.646. The molecule has 7 heteroatoms. The number of nitrogens with zero attached hydrogens (tertiary/aromatic N) is 4. The van der Waals surface area contributed by atoms with Gasteiger partial charge in [-0.3, -0.25) is 14.8 Å². The first-order valence-electron chi connectivity index (χ1n) is 7.01. The lowest BCUT2D eigenvalue weighted by Gasteiger charge is -2.35. The van der Waals surface area contributed by atoms with Crippen LogP contribution in [-0.2, 0) is 6.54 Å². The fourth-order valence-corrected chi connectivity index (χ4v) is 3.06. The maximum Gasteiger partial charge on any atom is 0.306 e. The molecule has 112 valence electrons. The van der Waals surface area contributed by atoms with E-state index in [1.807, 2.05) is 0 Å². The molecule has 20 heavy (non-hydrogen) atoms. The number of hydrogen-bond acceptors (Lipinski definition) is 5. The molecule has 0 aromatic carbocycles. The van der Waals surface area contributed by atoms with Crippen molar-refractivity contribution in [3.63, 3.8) is 0 Å². The van der Waals surface area contributed by atoms with Crippen molar-refractivity contribution in [2.45, 2.75) is 32.9 Å². The molecule has 1 aromatic heterocycles. The van der Waals surface area contributed by atoms with Gasteiger partial charge in [0.1, 0.15) is 12.4 Å². The first kappa shape index (κ1) is 14.9. The van der Waals surface area contributed by atoms with Gasteiger partial charge in [0.25, 0.3) is 0 Å². The largest absolute Gasteiger partial charge is 0.390 e. The van der Waals surface area contributed by atoms with Gasteiger partial charge in [-0.1, -0.05) is 13.8 Å². The monoisotopic (exact) mass is 282 g/mol. The molecule has 0 spiro atoms. The molecule has 1 aliphatic heterocycles. The Labute approximate surface area is 118 Å². The third-order valence-corrected chi connectivity index (χ3v) is 3.64. The van der Waals surface area contributed by atoms with Crippen LogP contribution in [0.5, 0.6) is 0 Å². The minimum absolute atomic E-state index is 0.0441. The number of aliphatic hydroxyl groups excluding tert-OH is 1. The van der Waals surface area contributed by atoms with E-state index in [4.69, 9.17) is 0 Å².